The predicted octanol–water partition coefficient (Wildman–Crippen LogP) is 1.49. The van der Waals surface area contributed by atoms with Crippen molar-refractivity contribution in [2.24, 2.45) is 0 Å². The van der Waals surface area contributed by atoms with Crippen molar-refractivity contribution in [2.75, 3.05) is 32.5 Å². The number of nitrogens with one attached hydrogen (secondary N) is 1. The van der Waals surface area contributed by atoms with E-state index in [1.54, 1.807) is 25.3 Å². The molecule has 1 aromatic carbocycles. The van der Waals surface area contributed by atoms with E-state index >= 15 is 0 Å². The van der Waals surface area contributed by atoms with E-state index in [1.807, 2.05) is 0 Å². The van der Waals surface area contributed by atoms with Crippen molar-refractivity contribution in [1.29, 1.82) is 0 Å². The number of methoxy groups -OCH3 is 1. The molecule has 5 heteroatoms. The second-order valence-corrected chi connectivity index (χ2v) is 5.30. The number of nitrogens with two attached hydrogens (primary N) is 1. The van der Waals surface area contributed by atoms with Gasteiger partial charge in [-0.3, -0.25) is 9.69 Å². The highest BCUT2D eigenvalue weighted by molar-refractivity contribution is 5.95. The summed E-state index contributed by atoms with van der Waals surface area (Å²) >= 11 is 0. The Kier molecular flexibility index (Phi) is 4.84. The van der Waals surface area contributed by atoms with Crippen LogP contribution in [0.5, 0.6) is 5.75 Å². The van der Waals surface area contributed by atoms with Gasteiger partial charge in [-0.2, -0.15) is 0 Å². The highest BCUT2D eigenvalue weighted by Crippen LogP contribution is 2.18. The van der Waals surface area contributed by atoms with Gasteiger partial charge in [0.15, 0.2) is 0 Å². The van der Waals surface area contributed by atoms with Gasteiger partial charge in [0.2, 0.25) is 0 Å². The van der Waals surface area contributed by atoms with Crippen LogP contribution in [0.15, 0.2) is 18.2 Å². The Morgan fingerprint density at radius 3 is 2.75 bits per heavy atom. The van der Waals surface area contributed by atoms with Gasteiger partial charge in [-0.05, 0) is 45.0 Å². The quantitative estimate of drug-likeness (QED) is 0.800. The molecule has 0 radical (unpaired) electrons. The van der Waals surface area contributed by atoms with Crippen LogP contribution >= 0.6 is 0 Å². The first-order valence-corrected chi connectivity index (χ1v) is 7.07. The summed E-state index contributed by atoms with van der Waals surface area (Å²) in [6.45, 7) is 5.05. The average molecular weight is 277 g/mol. The SMILES string of the molecule is COc1cc(N)cc(C(=O)NCC(C)N2CCCC2)c1. The van der Waals surface area contributed by atoms with Crippen LogP contribution in [0.4, 0.5) is 5.69 Å². The number of rotatable bonds is 5. The van der Waals surface area contributed by atoms with E-state index in [9.17, 15) is 4.79 Å². The fourth-order valence-electron chi connectivity index (χ4n) is 2.52. The maximum absolute atomic E-state index is 12.1. The molecule has 1 saturated heterocycles. The van der Waals surface area contributed by atoms with E-state index in [1.165, 1.54) is 12.8 Å². The highest BCUT2D eigenvalue weighted by Gasteiger charge is 2.18. The number of nitrogen functional groups attached to an aromatic ring is 1. The zero-order chi connectivity index (χ0) is 14.5. The Hall–Kier alpha value is -1.75. The molecule has 0 bridgehead atoms. The molecule has 0 aliphatic carbocycles. The van der Waals surface area contributed by atoms with E-state index in [2.05, 4.69) is 17.1 Å². The summed E-state index contributed by atoms with van der Waals surface area (Å²) in [5, 5.41) is 2.96. The smallest absolute Gasteiger partial charge is 0.251 e. The Morgan fingerprint density at radius 2 is 2.10 bits per heavy atom. The predicted molar refractivity (Wildman–Crippen MR) is 80.0 cm³/mol. The average Bonchev–Trinajstić information content (AvgIpc) is 2.97. The number of likely N-dealkylation sites (tertiary alicyclic amines) is 1. The molecule has 1 aliphatic rings. The van der Waals surface area contributed by atoms with E-state index in [4.69, 9.17) is 10.5 Å². The van der Waals surface area contributed by atoms with Crippen molar-refractivity contribution in [1.82, 2.24) is 10.2 Å². The van der Waals surface area contributed by atoms with Gasteiger partial charge < -0.3 is 15.8 Å². The molecule has 1 aliphatic heterocycles. The molecule has 0 saturated carbocycles. The maximum atomic E-state index is 12.1. The summed E-state index contributed by atoms with van der Waals surface area (Å²) in [5.74, 6) is 0.490. The molecule has 1 heterocycles. The third-order valence-corrected chi connectivity index (χ3v) is 3.75. The maximum Gasteiger partial charge on any atom is 0.251 e. The van der Waals surface area contributed by atoms with Gasteiger partial charge in [-0.15, -0.1) is 0 Å². The summed E-state index contributed by atoms with van der Waals surface area (Å²) in [5.41, 5.74) is 6.83. The fraction of sp³-hybridized carbons (Fsp3) is 0.533. The van der Waals surface area contributed by atoms with Crippen LogP contribution in [0.25, 0.3) is 0 Å². The zero-order valence-corrected chi connectivity index (χ0v) is 12.2. The monoisotopic (exact) mass is 277 g/mol. The summed E-state index contributed by atoms with van der Waals surface area (Å²) < 4.78 is 5.12. The topological polar surface area (TPSA) is 67.6 Å². The number of nitrogens with zero attached hydrogens (tertiary/aromatic N) is 1. The fourth-order valence-corrected chi connectivity index (χ4v) is 2.52. The second-order valence-electron chi connectivity index (χ2n) is 5.30. The van der Waals surface area contributed by atoms with Crippen LogP contribution in [-0.2, 0) is 0 Å². The first-order valence-electron chi connectivity index (χ1n) is 7.07. The molecule has 1 fully saturated rings. The molecule has 1 amide bonds. The Bertz CT molecular complexity index is 470. The number of hydrogen-bond acceptors (Lipinski definition) is 4. The zero-order valence-electron chi connectivity index (χ0n) is 12.2. The van der Waals surface area contributed by atoms with Gasteiger partial charge in [-0.1, -0.05) is 0 Å². The minimum atomic E-state index is -0.110. The van der Waals surface area contributed by atoms with E-state index < -0.39 is 0 Å². The van der Waals surface area contributed by atoms with Gasteiger partial charge >= 0.3 is 0 Å². The Balaban J connectivity index is 1.92. The molecule has 2 rings (SSSR count). The standard InChI is InChI=1S/C15H23N3O2/c1-11(18-5-3-4-6-18)10-17-15(19)12-7-13(16)9-14(8-12)20-2/h7-9,11H,3-6,10,16H2,1-2H3,(H,17,19). The van der Waals surface area contributed by atoms with Gasteiger partial charge in [0.05, 0.1) is 7.11 Å². The minimum Gasteiger partial charge on any atom is -0.497 e. The highest BCUT2D eigenvalue weighted by atomic mass is 16.5. The summed E-state index contributed by atoms with van der Waals surface area (Å²) in [7, 11) is 1.56. The summed E-state index contributed by atoms with van der Waals surface area (Å²) in [4.78, 5) is 14.5. The normalized spacial score (nSPS) is 16.9. The first-order chi connectivity index (χ1) is 9.60. The van der Waals surface area contributed by atoms with Crippen molar-refractivity contribution >= 4 is 11.6 Å². The molecule has 110 valence electrons. The Labute approximate surface area is 120 Å². The van der Waals surface area contributed by atoms with Crippen molar-refractivity contribution in [3.8, 4) is 5.75 Å². The number of amides is 1. The molecule has 0 spiro atoms. The van der Waals surface area contributed by atoms with Crippen LogP contribution in [0, 0.1) is 0 Å². The van der Waals surface area contributed by atoms with Gasteiger partial charge in [0, 0.05) is 29.9 Å². The van der Waals surface area contributed by atoms with Crippen LogP contribution < -0.4 is 15.8 Å². The Morgan fingerprint density at radius 1 is 1.40 bits per heavy atom. The lowest BCUT2D eigenvalue weighted by atomic mass is 10.1. The second kappa shape index (κ2) is 6.61. The van der Waals surface area contributed by atoms with Gasteiger partial charge in [0.1, 0.15) is 5.75 Å². The molecule has 1 aromatic rings. The lowest BCUT2D eigenvalue weighted by Crippen LogP contribution is -2.40. The lowest BCUT2D eigenvalue weighted by Gasteiger charge is -2.23. The van der Waals surface area contributed by atoms with Gasteiger partial charge in [-0.25, -0.2) is 0 Å². The number of hydrogen-bond donors (Lipinski definition) is 2. The largest absolute Gasteiger partial charge is 0.497 e. The summed E-state index contributed by atoms with van der Waals surface area (Å²) in [6, 6.07) is 5.43. The molecule has 1 atom stereocenters. The molecule has 20 heavy (non-hydrogen) atoms. The molecule has 5 nitrogen and oxygen atoms in total. The van der Waals surface area contributed by atoms with Crippen LogP contribution in [0.3, 0.4) is 0 Å². The van der Waals surface area contributed by atoms with Gasteiger partial charge in [0.25, 0.3) is 5.91 Å². The minimum absolute atomic E-state index is 0.110. The third kappa shape index (κ3) is 3.63. The van der Waals surface area contributed by atoms with Crippen molar-refractivity contribution in [3.63, 3.8) is 0 Å². The number of carbonyl (C=O) groups excluding carboxylic acids is 1. The first kappa shape index (κ1) is 14.7. The number of anilines is 1. The number of benzene rings is 1. The summed E-state index contributed by atoms with van der Waals surface area (Å²) in [6.07, 6.45) is 2.51. The molecular formula is C15H23N3O2. The number of carbonyl (C=O) groups is 1. The molecule has 3 N–H and O–H groups in total. The van der Waals surface area contributed by atoms with Crippen molar-refractivity contribution in [3.05, 3.63) is 23.8 Å². The lowest BCUT2D eigenvalue weighted by molar-refractivity contribution is 0.0940. The van der Waals surface area contributed by atoms with E-state index in [0.29, 0.717) is 29.6 Å². The van der Waals surface area contributed by atoms with Crippen LogP contribution in [0.2, 0.25) is 0 Å². The molecule has 1 unspecified atom stereocenters. The van der Waals surface area contributed by atoms with Crippen LogP contribution in [-0.4, -0.2) is 43.6 Å². The third-order valence-electron chi connectivity index (χ3n) is 3.75. The molecule has 0 aromatic heterocycles. The van der Waals surface area contributed by atoms with Crippen molar-refractivity contribution < 1.29 is 9.53 Å². The number of ether oxygens (including phenoxy) is 1. The van der Waals surface area contributed by atoms with E-state index in [-0.39, 0.29) is 5.91 Å². The molecular weight excluding hydrogens is 254 g/mol. The van der Waals surface area contributed by atoms with E-state index in [0.717, 1.165) is 13.1 Å². The van der Waals surface area contributed by atoms with Crippen molar-refractivity contribution in [2.45, 2.75) is 25.8 Å². The van der Waals surface area contributed by atoms with Crippen LogP contribution in [0.1, 0.15) is 30.1 Å².